The number of nitrogens with one attached hydrogen (secondary N) is 2. The molecule has 0 bridgehead atoms. The van der Waals surface area contributed by atoms with Gasteiger partial charge in [-0.3, -0.25) is 0 Å². The largest absolute Gasteiger partial charge is 0.497 e. The van der Waals surface area contributed by atoms with E-state index in [0.717, 1.165) is 41.5 Å². The number of methoxy groups -OCH3 is 3. The van der Waals surface area contributed by atoms with Crippen molar-refractivity contribution < 1.29 is 14.2 Å². The van der Waals surface area contributed by atoms with Crippen molar-refractivity contribution in [2.45, 2.75) is 13.3 Å². The highest BCUT2D eigenvalue weighted by Gasteiger charge is 2.08. The summed E-state index contributed by atoms with van der Waals surface area (Å²) >= 11 is 0. The van der Waals surface area contributed by atoms with Crippen LogP contribution in [0.5, 0.6) is 17.2 Å². The first-order valence-electron chi connectivity index (χ1n) is 9.33. The van der Waals surface area contributed by atoms with Crippen molar-refractivity contribution in [3.05, 3.63) is 59.9 Å². The maximum Gasteiger partial charge on any atom is 0.146 e. The summed E-state index contributed by atoms with van der Waals surface area (Å²) in [5.74, 6) is 4.39. The highest BCUT2D eigenvalue weighted by molar-refractivity contribution is 5.67. The molecule has 2 N–H and O–H groups in total. The molecule has 152 valence electrons. The summed E-state index contributed by atoms with van der Waals surface area (Å²) in [7, 11) is 4.93. The summed E-state index contributed by atoms with van der Waals surface area (Å²) in [5.41, 5.74) is 1.95. The molecule has 0 spiro atoms. The van der Waals surface area contributed by atoms with Gasteiger partial charge in [0.1, 0.15) is 34.7 Å². The molecule has 0 fully saturated rings. The number of hydrogen-bond donors (Lipinski definition) is 2. The molecular weight excluding hydrogens is 368 g/mol. The van der Waals surface area contributed by atoms with Gasteiger partial charge in [0.2, 0.25) is 0 Å². The lowest BCUT2D eigenvalue weighted by Crippen LogP contribution is -2.09. The lowest BCUT2D eigenvalue weighted by Gasteiger charge is -2.14. The van der Waals surface area contributed by atoms with E-state index in [4.69, 9.17) is 14.2 Å². The number of ether oxygens (including phenoxy) is 3. The Morgan fingerprint density at radius 2 is 1.59 bits per heavy atom. The zero-order valence-electron chi connectivity index (χ0n) is 17.2. The Kier molecular flexibility index (Phi) is 6.73. The van der Waals surface area contributed by atoms with Gasteiger partial charge >= 0.3 is 0 Å². The first-order valence-corrected chi connectivity index (χ1v) is 9.33. The molecule has 0 amide bonds. The molecule has 29 heavy (non-hydrogen) atoms. The van der Waals surface area contributed by atoms with E-state index in [1.165, 1.54) is 0 Å². The molecule has 0 aliphatic heterocycles. The molecule has 3 aromatic rings. The second-order valence-electron chi connectivity index (χ2n) is 6.37. The average molecular weight is 394 g/mol. The number of hydrogen-bond acceptors (Lipinski definition) is 7. The molecule has 0 atom stereocenters. The number of anilines is 3. The number of rotatable bonds is 9. The Morgan fingerprint density at radius 3 is 2.34 bits per heavy atom. The summed E-state index contributed by atoms with van der Waals surface area (Å²) in [5, 5.41) is 6.65. The Hall–Kier alpha value is -3.48. The molecule has 7 heteroatoms. The highest BCUT2D eigenvalue weighted by atomic mass is 16.5. The SMILES string of the molecule is COc1ccc(Nc2cc(NCCc3ccccc3OC)nc(C)n2)c(OC)c1. The number of benzene rings is 2. The van der Waals surface area contributed by atoms with Crippen LogP contribution in [-0.4, -0.2) is 37.8 Å². The topological polar surface area (TPSA) is 77.5 Å². The fraction of sp³-hybridized carbons (Fsp3) is 0.273. The fourth-order valence-electron chi connectivity index (χ4n) is 3.00. The van der Waals surface area contributed by atoms with Gasteiger partial charge < -0.3 is 24.8 Å². The molecule has 1 aromatic heterocycles. The molecule has 0 saturated carbocycles. The van der Waals surface area contributed by atoms with Crippen molar-refractivity contribution in [2.24, 2.45) is 0 Å². The van der Waals surface area contributed by atoms with Gasteiger partial charge in [0.05, 0.1) is 27.0 Å². The third-order valence-electron chi connectivity index (χ3n) is 4.40. The number of aryl methyl sites for hydroxylation is 1. The van der Waals surface area contributed by atoms with E-state index in [-0.39, 0.29) is 0 Å². The lowest BCUT2D eigenvalue weighted by atomic mass is 10.1. The van der Waals surface area contributed by atoms with Gasteiger partial charge in [-0.15, -0.1) is 0 Å². The van der Waals surface area contributed by atoms with E-state index in [1.807, 2.05) is 49.4 Å². The summed E-state index contributed by atoms with van der Waals surface area (Å²) < 4.78 is 16.1. The first-order chi connectivity index (χ1) is 14.1. The predicted molar refractivity (Wildman–Crippen MR) is 115 cm³/mol. The number of nitrogens with zero attached hydrogens (tertiary/aromatic N) is 2. The van der Waals surface area contributed by atoms with Crippen LogP contribution >= 0.6 is 0 Å². The average Bonchev–Trinajstić information content (AvgIpc) is 2.74. The maximum atomic E-state index is 5.44. The molecule has 0 aliphatic carbocycles. The van der Waals surface area contributed by atoms with Gasteiger partial charge in [-0.05, 0) is 37.1 Å². The van der Waals surface area contributed by atoms with Crippen LogP contribution in [0.4, 0.5) is 17.3 Å². The van der Waals surface area contributed by atoms with E-state index >= 15 is 0 Å². The van der Waals surface area contributed by atoms with Crippen LogP contribution in [-0.2, 0) is 6.42 Å². The molecule has 0 saturated heterocycles. The van der Waals surface area contributed by atoms with E-state index in [2.05, 4.69) is 26.7 Å². The summed E-state index contributed by atoms with van der Waals surface area (Å²) in [4.78, 5) is 8.95. The molecule has 3 rings (SSSR count). The molecule has 0 unspecified atom stereocenters. The Morgan fingerprint density at radius 1 is 0.828 bits per heavy atom. The molecule has 1 heterocycles. The van der Waals surface area contributed by atoms with Gasteiger partial charge in [0, 0.05) is 18.7 Å². The second-order valence-corrected chi connectivity index (χ2v) is 6.37. The molecule has 2 aromatic carbocycles. The van der Waals surface area contributed by atoms with Crippen molar-refractivity contribution in [2.75, 3.05) is 38.5 Å². The van der Waals surface area contributed by atoms with Crippen LogP contribution in [0.3, 0.4) is 0 Å². The highest BCUT2D eigenvalue weighted by Crippen LogP contribution is 2.31. The molecule has 0 aliphatic rings. The van der Waals surface area contributed by atoms with Gasteiger partial charge in [-0.25, -0.2) is 9.97 Å². The lowest BCUT2D eigenvalue weighted by molar-refractivity contribution is 0.395. The number of aromatic nitrogens is 2. The van der Waals surface area contributed by atoms with Crippen LogP contribution in [0.15, 0.2) is 48.5 Å². The van der Waals surface area contributed by atoms with Crippen molar-refractivity contribution >= 4 is 17.3 Å². The standard InChI is InChI=1S/C22H26N4O3/c1-15-24-21(23-12-11-16-7-5-6-8-19(16)28-3)14-22(25-15)26-18-10-9-17(27-2)13-20(18)29-4/h5-10,13-14H,11-12H2,1-4H3,(H2,23,24,25,26). The van der Waals surface area contributed by atoms with Gasteiger partial charge in [-0.2, -0.15) is 0 Å². The molecule has 7 nitrogen and oxygen atoms in total. The van der Waals surface area contributed by atoms with Gasteiger partial charge in [0.25, 0.3) is 0 Å². The monoisotopic (exact) mass is 394 g/mol. The minimum absolute atomic E-state index is 0.669. The van der Waals surface area contributed by atoms with E-state index < -0.39 is 0 Å². The Bertz CT molecular complexity index is 963. The maximum absolute atomic E-state index is 5.44. The third kappa shape index (κ3) is 5.28. The molecule has 0 radical (unpaired) electrons. The minimum Gasteiger partial charge on any atom is -0.497 e. The summed E-state index contributed by atoms with van der Waals surface area (Å²) in [6, 6.07) is 15.5. The zero-order chi connectivity index (χ0) is 20.6. The first kappa shape index (κ1) is 20.3. The third-order valence-corrected chi connectivity index (χ3v) is 4.40. The van der Waals surface area contributed by atoms with Crippen LogP contribution in [0.25, 0.3) is 0 Å². The van der Waals surface area contributed by atoms with E-state index in [1.54, 1.807) is 21.3 Å². The van der Waals surface area contributed by atoms with Gasteiger partial charge in [0.15, 0.2) is 0 Å². The molecular formula is C22H26N4O3. The number of para-hydroxylation sites is 1. The van der Waals surface area contributed by atoms with Crippen molar-refractivity contribution in [3.8, 4) is 17.2 Å². The second kappa shape index (κ2) is 9.64. The predicted octanol–water partition coefficient (Wildman–Crippen LogP) is 4.21. The van der Waals surface area contributed by atoms with Crippen LogP contribution in [0.1, 0.15) is 11.4 Å². The Balaban J connectivity index is 1.70. The van der Waals surface area contributed by atoms with Crippen molar-refractivity contribution in [1.29, 1.82) is 0 Å². The van der Waals surface area contributed by atoms with Crippen LogP contribution < -0.4 is 24.8 Å². The van der Waals surface area contributed by atoms with E-state index in [9.17, 15) is 0 Å². The fourth-order valence-corrected chi connectivity index (χ4v) is 3.00. The smallest absolute Gasteiger partial charge is 0.146 e. The van der Waals surface area contributed by atoms with E-state index in [0.29, 0.717) is 17.4 Å². The van der Waals surface area contributed by atoms with Crippen LogP contribution in [0.2, 0.25) is 0 Å². The summed E-state index contributed by atoms with van der Waals surface area (Å²) in [6.45, 7) is 2.59. The Labute approximate surface area is 171 Å². The van der Waals surface area contributed by atoms with Crippen LogP contribution in [0, 0.1) is 6.92 Å². The summed E-state index contributed by atoms with van der Waals surface area (Å²) in [6.07, 6.45) is 0.822. The quantitative estimate of drug-likeness (QED) is 0.563. The van der Waals surface area contributed by atoms with Crippen molar-refractivity contribution in [1.82, 2.24) is 9.97 Å². The normalized spacial score (nSPS) is 10.3. The zero-order valence-corrected chi connectivity index (χ0v) is 17.2. The minimum atomic E-state index is 0.669. The van der Waals surface area contributed by atoms with Crippen molar-refractivity contribution in [3.63, 3.8) is 0 Å². The van der Waals surface area contributed by atoms with Gasteiger partial charge in [-0.1, -0.05) is 18.2 Å².